The zero-order chi connectivity index (χ0) is 51.4. The number of unbranched alkanes of at least 4 members (excludes halogenated alkanes) is 11. The van der Waals surface area contributed by atoms with Crippen molar-refractivity contribution in [2.45, 2.75) is 232 Å². The number of fused-ring (bicyclic) bond motifs is 5. The van der Waals surface area contributed by atoms with Crippen LogP contribution in [0.5, 0.6) is 0 Å². The Bertz CT molecular complexity index is 1950. The second-order valence-corrected chi connectivity index (χ2v) is 25.1. The minimum Gasteiger partial charge on any atom is -0.445 e. The second kappa shape index (κ2) is 29.7. The van der Waals surface area contributed by atoms with E-state index in [0.29, 0.717) is 61.2 Å². The monoisotopic (exact) mass is 1020 g/mol. The van der Waals surface area contributed by atoms with Gasteiger partial charge >= 0.3 is 6.09 Å². The summed E-state index contributed by atoms with van der Waals surface area (Å²) < 4.78 is 58.7. The first-order valence-electron chi connectivity index (χ1n) is 29.6. The van der Waals surface area contributed by atoms with Gasteiger partial charge in [0.25, 0.3) is 10.1 Å². The van der Waals surface area contributed by atoms with Crippen LogP contribution in [0.2, 0.25) is 0 Å². The molecule has 0 radical (unpaired) electrons. The first-order chi connectivity index (χ1) is 34.8. The third-order valence-corrected chi connectivity index (χ3v) is 19.9. The van der Waals surface area contributed by atoms with Crippen LogP contribution in [-0.2, 0) is 39.9 Å². The molecule has 10 heteroatoms. The van der Waals surface area contributed by atoms with Gasteiger partial charge in [-0.1, -0.05) is 160 Å². The lowest BCUT2D eigenvalue weighted by Crippen LogP contribution is -2.63. The van der Waals surface area contributed by atoms with Gasteiger partial charge in [0.15, 0.2) is 0 Å². The van der Waals surface area contributed by atoms with Crippen molar-refractivity contribution in [3.05, 3.63) is 65.7 Å². The van der Waals surface area contributed by atoms with Crippen molar-refractivity contribution >= 4 is 16.2 Å². The molecule has 4 fully saturated rings. The van der Waals surface area contributed by atoms with Crippen molar-refractivity contribution in [1.82, 2.24) is 4.90 Å². The fraction of sp³-hybridized carbons (Fsp3) is 0.790. The highest BCUT2D eigenvalue weighted by molar-refractivity contribution is 7.86. The van der Waals surface area contributed by atoms with Gasteiger partial charge in [-0.3, -0.25) is 4.18 Å². The Labute approximate surface area is 439 Å². The molecule has 0 heterocycles. The summed E-state index contributed by atoms with van der Waals surface area (Å²) in [5.74, 6) is 2.84. The topological polar surface area (TPSA) is 101 Å². The van der Waals surface area contributed by atoms with Crippen molar-refractivity contribution in [3.8, 4) is 0 Å². The molecule has 0 aromatic heterocycles. The van der Waals surface area contributed by atoms with Gasteiger partial charge < -0.3 is 23.8 Å². The van der Waals surface area contributed by atoms with E-state index in [9.17, 15) is 13.2 Å². The molecular weight excluding hydrogens is 919 g/mol. The number of benzene rings is 2. The number of carbonyl (C=O) groups excluding carboxylic acids is 1. The number of hydrogen-bond donors (Lipinski definition) is 0. The standard InChI is InChI=1S/C62H101NO8S/c1-8-11-14-15-16-17-18-19-20-24-38-63(60(64)70-47-50-28-22-21-23-29-50)39-25-27-49(5)54-34-35-55-59-56(46-58(62(54,55)7)69-41-13-10-3)61(6)37-36-52(67-40-12-9-2)44-51(61)45-57(59)68-42-26-43-71-72(65,66)53-32-30-48(4)31-33-53/h21-23,28-33,49,51-52,54-59H,8-20,24-27,34-47H2,1-7H3/t49?,51?,52-,54-,55+,56+,57?,58+,59?,61+,62-/m1/s1. The Hall–Kier alpha value is -2.50. The molecule has 4 unspecified atom stereocenters. The number of hydrogen-bond acceptors (Lipinski definition) is 8. The molecule has 0 bridgehead atoms. The van der Waals surface area contributed by atoms with Crippen LogP contribution < -0.4 is 0 Å². The number of amides is 1. The molecule has 0 N–H and O–H groups in total. The molecule has 0 saturated heterocycles. The highest BCUT2D eigenvalue weighted by Gasteiger charge is 2.66. The average Bonchev–Trinajstić information content (AvgIpc) is 3.74. The van der Waals surface area contributed by atoms with Crippen LogP contribution in [0.3, 0.4) is 0 Å². The molecule has 4 aliphatic rings. The highest BCUT2D eigenvalue weighted by atomic mass is 32.2. The first kappa shape index (κ1) is 58.8. The van der Waals surface area contributed by atoms with Crippen molar-refractivity contribution < 1.29 is 36.3 Å². The van der Waals surface area contributed by atoms with Crippen LogP contribution >= 0.6 is 0 Å². The average molecular weight is 1020 g/mol. The summed E-state index contributed by atoms with van der Waals surface area (Å²) >= 11 is 0. The van der Waals surface area contributed by atoms with E-state index in [-0.39, 0.29) is 40.6 Å². The lowest BCUT2D eigenvalue weighted by molar-refractivity contribution is -0.228. The van der Waals surface area contributed by atoms with Crippen LogP contribution in [0, 0.1) is 53.3 Å². The van der Waals surface area contributed by atoms with Crippen LogP contribution in [0.1, 0.15) is 207 Å². The molecule has 408 valence electrons. The lowest BCUT2D eigenvalue weighted by Gasteiger charge is -2.65. The van der Waals surface area contributed by atoms with Crippen LogP contribution in [0.4, 0.5) is 4.79 Å². The SMILES string of the molecule is CCCCCCCCCCCCN(CCCC(C)[C@H]1CC[C@H]2C3C(OCCCOS(=O)(=O)c4ccc(C)cc4)CC4C[C@H](OCCCC)CC[C@]4(C)[C@H]3C[C@H](OCCCC)[C@]12C)C(=O)OCc1ccccc1. The summed E-state index contributed by atoms with van der Waals surface area (Å²) in [6.45, 7) is 20.4. The second-order valence-electron chi connectivity index (χ2n) is 23.5. The van der Waals surface area contributed by atoms with Crippen molar-refractivity contribution in [3.63, 3.8) is 0 Å². The van der Waals surface area contributed by atoms with E-state index >= 15 is 0 Å². The largest absolute Gasteiger partial charge is 0.445 e. The van der Waals surface area contributed by atoms with Gasteiger partial charge in [0.2, 0.25) is 0 Å². The van der Waals surface area contributed by atoms with Crippen LogP contribution in [0.25, 0.3) is 0 Å². The zero-order valence-electron chi connectivity index (χ0n) is 46.4. The van der Waals surface area contributed by atoms with Crippen molar-refractivity contribution in [2.24, 2.45) is 46.3 Å². The van der Waals surface area contributed by atoms with Crippen molar-refractivity contribution in [1.29, 1.82) is 0 Å². The maximum Gasteiger partial charge on any atom is 0.410 e. The molecule has 2 aromatic rings. The van der Waals surface area contributed by atoms with Gasteiger partial charge in [-0.25, -0.2) is 4.79 Å². The molecule has 4 aliphatic carbocycles. The Morgan fingerprint density at radius 3 is 2.01 bits per heavy atom. The third kappa shape index (κ3) is 16.0. The number of aryl methyl sites for hydroxylation is 1. The van der Waals surface area contributed by atoms with Crippen LogP contribution in [-0.4, -0.2) is 77.2 Å². The predicted molar refractivity (Wildman–Crippen MR) is 292 cm³/mol. The molecule has 72 heavy (non-hydrogen) atoms. The predicted octanol–water partition coefficient (Wildman–Crippen LogP) is 15.7. The van der Waals surface area contributed by atoms with Gasteiger partial charge in [-0.2, -0.15) is 8.42 Å². The molecule has 2 aromatic carbocycles. The zero-order valence-corrected chi connectivity index (χ0v) is 47.3. The molecule has 11 atom stereocenters. The summed E-state index contributed by atoms with van der Waals surface area (Å²) in [5, 5.41) is 0. The van der Waals surface area contributed by atoms with Crippen LogP contribution in [0.15, 0.2) is 59.5 Å². The number of carbonyl (C=O) groups is 1. The summed E-state index contributed by atoms with van der Waals surface area (Å²) in [4.78, 5) is 16.0. The van der Waals surface area contributed by atoms with E-state index in [2.05, 4.69) is 41.5 Å². The van der Waals surface area contributed by atoms with Gasteiger partial charge in [0.05, 0.1) is 29.8 Å². The fourth-order valence-electron chi connectivity index (χ4n) is 14.3. The smallest absolute Gasteiger partial charge is 0.410 e. The van der Waals surface area contributed by atoms with Gasteiger partial charge in [-0.15, -0.1) is 0 Å². The Morgan fingerprint density at radius 2 is 1.32 bits per heavy atom. The fourth-order valence-corrected chi connectivity index (χ4v) is 15.3. The summed E-state index contributed by atoms with van der Waals surface area (Å²) in [6.07, 6.45) is 27.9. The molecule has 6 rings (SSSR count). The van der Waals surface area contributed by atoms with Gasteiger partial charge in [0, 0.05) is 38.3 Å². The normalized spacial score (nSPS) is 28.5. The summed E-state index contributed by atoms with van der Waals surface area (Å²) in [6, 6.07) is 16.9. The minimum absolute atomic E-state index is 0.00483. The Balaban J connectivity index is 1.14. The Morgan fingerprint density at radius 1 is 0.681 bits per heavy atom. The maximum atomic E-state index is 13.8. The molecule has 1 amide bonds. The maximum absolute atomic E-state index is 13.8. The summed E-state index contributed by atoms with van der Waals surface area (Å²) in [5.41, 5.74) is 2.21. The van der Waals surface area contributed by atoms with E-state index in [1.54, 1.807) is 12.1 Å². The molecule has 9 nitrogen and oxygen atoms in total. The number of nitrogens with zero attached hydrogens (tertiary/aromatic N) is 1. The van der Waals surface area contributed by atoms with E-state index in [4.69, 9.17) is 23.1 Å². The quantitative estimate of drug-likeness (QED) is 0.0515. The third-order valence-electron chi connectivity index (χ3n) is 18.6. The summed E-state index contributed by atoms with van der Waals surface area (Å²) in [7, 11) is -3.84. The van der Waals surface area contributed by atoms with Crippen molar-refractivity contribution in [2.75, 3.05) is 39.5 Å². The van der Waals surface area contributed by atoms with E-state index < -0.39 is 10.1 Å². The Kier molecular flexibility index (Phi) is 24.2. The number of ether oxygens (including phenoxy) is 4. The molecular formula is C62H101NO8S. The molecule has 0 aliphatic heterocycles. The first-order valence-corrected chi connectivity index (χ1v) is 31.0. The van der Waals surface area contributed by atoms with E-state index in [0.717, 1.165) is 114 Å². The van der Waals surface area contributed by atoms with E-state index in [1.807, 2.05) is 54.3 Å². The number of rotatable bonds is 33. The lowest BCUT2D eigenvalue weighted by atomic mass is 9.43. The highest BCUT2D eigenvalue weighted by Crippen LogP contribution is 2.69. The molecule has 4 saturated carbocycles. The van der Waals surface area contributed by atoms with Gasteiger partial charge in [-0.05, 0) is 149 Å². The van der Waals surface area contributed by atoms with E-state index in [1.165, 1.54) is 70.6 Å². The molecule has 0 spiro atoms. The van der Waals surface area contributed by atoms with Gasteiger partial charge in [0.1, 0.15) is 6.61 Å². The minimum atomic E-state index is -3.84.